The molecule has 0 bridgehead atoms. The summed E-state index contributed by atoms with van der Waals surface area (Å²) >= 11 is 0. The van der Waals surface area contributed by atoms with Gasteiger partial charge in [-0.1, -0.05) is 6.07 Å². The van der Waals surface area contributed by atoms with E-state index in [0.717, 1.165) is 16.6 Å². The molecule has 4 N–H and O–H groups in total. The van der Waals surface area contributed by atoms with E-state index in [0.29, 0.717) is 18.8 Å². The first kappa shape index (κ1) is 23.4. The van der Waals surface area contributed by atoms with E-state index in [2.05, 4.69) is 20.5 Å². The lowest BCUT2D eigenvalue weighted by atomic mass is 10.1. The lowest BCUT2D eigenvalue weighted by Crippen LogP contribution is -2.51. The van der Waals surface area contributed by atoms with Crippen LogP contribution in [-0.4, -0.2) is 59.0 Å². The van der Waals surface area contributed by atoms with Crippen LogP contribution in [0.1, 0.15) is 32.4 Å². The van der Waals surface area contributed by atoms with E-state index in [1.54, 1.807) is 0 Å². The summed E-state index contributed by atoms with van der Waals surface area (Å²) in [6.07, 6.45) is -0.316. The van der Waals surface area contributed by atoms with Crippen molar-refractivity contribution in [1.82, 2.24) is 15.6 Å². The predicted octanol–water partition coefficient (Wildman–Crippen LogP) is 1.69. The molecular weight excluding hydrogens is 392 g/mol. The van der Waals surface area contributed by atoms with Gasteiger partial charge in [-0.3, -0.25) is 4.79 Å². The number of aliphatic hydroxyl groups excluding tert-OH is 1. The van der Waals surface area contributed by atoms with Gasteiger partial charge in [0.1, 0.15) is 18.5 Å². The van der Waals surface area contributed by atoms with Crippen molar-refractivity contribution in [3.8, 4) is 5.75 Å². The molecule has 0 aliphatic heterocycles. The fourth-order valence-corrected chi connectivity index (χ4v) is 2.87. The van der Waals surface area contributed by atoms with Crippen LogP contribution < -0.4 is 15.4 Å². The number of benzene rings is 1. The quantitative estimate of drug-likeness (QED) is 0.219. The van der Waals surface area contributed by atoms with Crippen LogP contribution in [0, 0.1) is 17.0 Å². The fourth-order valence-electron chi connectivity index (χ4n) is 2.87. The molecule has 2 rings (SSSR count). The number of H-pyrrole nitrogens is 1. The Morgan fingerprint density at radius 1 is 1.40 bits per heavy atom. The maximum absolute atomic E-state index is 11.8. The number of carbonyl (C=O) groups is 1. The number of amides is 1. The van der Waals surface area contributed by atoms with Crippen LogP contribution in [0.3, 0.4) is 0 Å². The van der Waals surface area contributed by atoms with Crippen LogP contribution >= 0.6 is 0 Å². The number of hydrogen-bond donors (Lipinski definition) is 4. The van der Waals surface area contributed by atoms with Gasteiger partial charge in [0.2, 0.25) is 5.91 Å². The van der Waals surface area contributed by atoms with Gasteiger partial charge in [0.25, 0.3) is 5.09 Å². The highest BCUT2D eigenvalue weighted by molar-refractivity contribution is 5.86. The first-order valence-corrected chi connectivity index (χ1v) is 9.84. The summed E-state index contributed by atoms with van der Waals surface area (Å²) in [6, 6.07) is 7.74. The molecule has 1 unspecified atom stereocenters. The Morgan fingerprint density at radius 3 is 2.90 bits per heavy atom. The monoisotopic (exact) mass is 422 g/mol. The Bertz CT molecular complexity index is 851. The Hall–Kier alpha value is -2.85. The number of ether oxygens (including phenoxy) is 1. The smallest absolute Gasteiger partial charge is 0.294 e. The van der Waals surface area contributed by atoms with Crippen molar-refractivity contribution in [2.75, 3.05) is 26.3 Å². The van der Waals surface area contributed by atoms with E-state index in [-0.39, 0.29) is 32.0 Å². The first-order valence-electron chi connectivity index (χ1n) is 9.84. The highest BCUT2D eigenvalue weighted by Gasteiger charge is 2.20. The molecule has 166 valence electrons. The molecular formula is C20H30N4O6. The number of β-amino-alcohol motifs (C(OH)–C–C–N with tert-alkyl or cyclic N) is 1. The van der Waals surface area contributed by atoms with E-state index >= 15 is 0 Å². The van der Waals surface area contributed by atoms with Gasteiger partial charge in [0.15, 0.2) is 0 Å². The molecule has 0 saturated carbocycles. The summed E-state index contributed by atoms with van der Waals surface area (Å²) in [5, 5.41) is 26.4. The number of aliphatic hydroxyl groups is 1. The maximum atomic E-state index is 11.8. The second-order valence-corrected chi connectivity index (χ2v) is 7.84. The zero-order valence-electron chi connectivity index (χ0n) is 17.6. The molecule has 10 heteroatoms. The summed E-state index contributed by atoms with van der Waals surface area (Å²) in [5.74, 6) is 0.499. The molecule has 0 fully saturated rings. The number of nitrogens with zero attached hydrogens (tertiary/aromatic N) is 1. The van der Waals surface area contributed by atoms with Gasteiger partial charge in [-0.15, -0.1) is 10.1 Å². The molecule has 1 aromatic carbocycles. The molecule has 0 radical (unpaired) electrons. The van der Waals surface area contributed by atoms with Crippen molar-refractivity contribution in [3.63, 3.8) is 0 Å². The number of aryl methyl sites for hydroxylation is 1. The maximum Gasteiger partial charge on any atom is 0.294 e. The minimum atomic E-state index is -0.875. The van der Waals surface area contributed by atoms with Gasteiger partial charge in [-0.25, -0.2) is 0 Å². The van der Waals surface area contributed by atoms with Gasteiger partial charge in [-0.05, 0) is 45.4 Å². The number of fused-ring (bicyclic) bond motifs is 1. The lowest BCUT2D eigenvalue weighted by Gasteiger charge is -2.28. The Labute approximate surface area is 175 Å². The standard InChI is InChI=1S/C20H30N4O6/c1-14-10-16-17(23-14)6-4-7-18(16)29-12-15(25)11-22-20(2,3)13-21-19(26)8-5-9-30-24(27)28/h4,6-7,10,15,22-23,25H,5,8-9,11-13H2,1-3H3,(H,21,26). The van der Waals surface area contributed by atoms with Crippen molar-refractivity contribution < 1.29 is 24.6 Å². The SMILES string of the molecule is Cc1cc2c(OCC(O)CNC(C)(C)CNC(=O)CCCO[N+](=O)[O-])cccc2[nH]1. The van der Waals surface area contributed by atoms with Crippen LogP contribution in [-0.2, 0) is 9.63 Å². The molecule has 30 heavy (non-hydrogen) atoms. The molecule has 0 saturated heterocycles. The Kier molecular flexibility index (Phi) is 8.43. The van der Waals surface area contributed by atoms with Gasteiger partial charge >= 0.3 is 0 Å². The minimum Gasteiger partial charge on any atom is -0.490 e. The van der Waals surface area contributed by atoms with Gasteiger partial charge in [-0.2, -0.15) is 0 Å². The molecule has 1 atom stereocenters. The second kappa shape index (κ2) is 10.8. The largest absolute Gasteiger partial charge is 0.490 e. The Morgan fingerprint density at radius 2 is 2.17 bits per heavy atom. The fraction of sp³-hybridized carbons (Fsp3) is 0.550. The number of rotatable bonds is 13. The van der Waals surface area contributed by atoms with E-state index in [9.17, 15) is 20.0 Å². The zero-order chi connectivity index (χ0) is 22.1. The second-order valence-electron chi connectivity index (χ2n) is 7.84. The average molecular weight is 422 g/mol. The highest BCUT2D eigenvalue weighted by atomic mass is 16.9. The molecule has 1 heterocycles. The predicted molar refractivity (Wildman–Crippen MR) is 112 cm³/mol. The van der Waals surface area contributed by atoms with Crippen LogP contribution in [0.4, 0.5) is 0 Å². The molecule has 1 amide bonds. The summed E-state index contributed by atoms with van der Waals surface area (Å²) in [4.78, 5) is 29.3. The molecule has 1 aromatic heterocycles. The highest BCUT2D eigenvalue weighted by Crippen LogP contribution is 2.26. The Balaban J connectivity index is 1.69. The van der Waals surface area contributed by atoms with E-state index in [4.69, 9.17) is 4.74 Å². The van der Waals surface area contributed by atoms with Gasteiger partial charge in [0, 0.05) is 41.6 Å². The van der Waals surface area contributed by atoms with Crippen molar-refractivity contribution in [2.24, 2.45) is 0 Å². The van der Waals surface area contributed by atoms with Crippen molar-refractivity contribution >= 4 is 16.8 Å². The molecule has 10 nitrogen and oxygen atoms in total. The number of hydrogen-bond acceptors (Lipinski definition) is 7. The molecule has 0 aliphatic rings. The van der Waals surface area contributed by atoms with Crippen molar-refractivity contribution in [1.29, 1.82) is 0 Å². The minimum absolute atomic E-state index is 0.107. The topological polar surface area (TPSA) is 139 Å². The van der Waals surface area contributed by atoms with Gasteiger partial charge < -0.3 is 30.3 Å². The number of aromatic amines is 1. The lowest BCUT2D eigenvalue weighted by molar-refractivity contribution is -0.757. The third kappa shape index (κ3) is 7.88. The van der Waals surface area contributed by atoms with E-state index in [1.807, 2.05) is 45.0 Å². The van der Waals surface area contributed by atoms with Crippen LogP contribution in [0.5, 0.6) is 5.75 Å². The molecule has 0 aliphatic carbocycles. The normalized spacial score (nSPS) is 12.5. The van der Waals surface area contributed by atoms with Crippen molar-refractivity contribution in [3.05, 3.63) is 40.1 Å². The molecule has 0 spiro atoms. The zero-order valence-corrected chi connectivity index (χ0v) is 17.6. The van der Waals surface area contributed by atoms with Crippen LogP contribution in [0.15, 0.2) is 24.3 Å². The van der Waals surface area contributed by atoms with E-state index in [1.165, 1.54) is 0 Å². The third-order valence-corrected chi connectivity index (χ3v) is 4.48. The van der Waals surface area contributed by atoms with E-state index < -0.39 is 16.7 Å². The molecule has 2 aromatic rings. The summed E-state index contributed by atoms with van der Waals surface area (Å²) in [7, 11) is 0. The average Bonchev–Trinajstić information content (AvgIpc) is 3.07. The third-order valence-electron chi connectivity index (χ3n) is 4.48. The number of carbonyl (C=O) groups excluding carboxylic acids is 1. The number of aromatic nitrogens is 1. The van der Waals surface area contributed by atoms with Crippen LogP contribution in [0.2, 0.25) is 0 Å². The summed E-state index contributed by atoms with van der Waals surface area (Å²) in [5.41, 5.74) is 1.57. The summed E-state index contributed by atoms with van der Waals surface area (Å²) < 4.78 is 5.79. The summed E-state index contributed by atoms with van der Waals surface area (Å²) in [6.45, 7) is 6.45. The van der Waals surface area contributed by atoms with Crippen molar-refractivity contribution in [2.45, 2.75) is 45.3 Å². The van der Waals surface area contributed by atoms with Gasteiger partial charge in [0.05, 0.1) is 6.61 Å². The van der Waals surface area contributed by atoms with Crippen LogP contribution in [0.25, 0.3) is 10.9 Å². The first-order chi connectivity index (χ1) is 14.2. The number of nitrogens with one attached hydrogen (secondary N) is 3.